The number of aromatic nitrogens is 3. The van der Waals surface area contributed by atoms with Gasteiger partial charge in [-0.3, -0.25) is 10.1 Å². The van der Waals surface area contributed by atoms with E-state index in [0.717, 1.165) is 53.8 Å². The van der Waals surface area contributed by atoms with Gasteiger partial charge in [0.2, 0.25) is 5.91 Å². The second kappa shape index (κ2) is 13.8. The van der Waals surface area contributed by atoms with Crippen molar-refractivity contribution >= 4 is 34.1 Å². The van der Waals surface area contributed by atoms with Crippen LogP contribution < -0.4 is 15.5 Å². The van der Waals surface area contributed by atoms with Crippen molar-refractivity contribution in [3.63, 3.8) is 0 Å². The lowest BCUT2D eigenvalue weighted by Gasteiger charge is -2.48. The molecule has 11 heteroatoms. The van der Waals surface area contributed by atoms with E-state index >= 15 is 4.39 Å². The average molecular weight is 710 g/mol. The lowest BCUT2D eigenvalue weighted by atomic mass is 9.75. The van der Waals surface area contributed by atoms with Gasteiger partial charge in [-0.2, -0.15) is 0 Å². The largest absolute Gasteiger partial charge is 0.381 e. The van der Waals surface area contributed by atoms with Gasteiger partial charge in [0.15, 0.2) is 5.82 Å². The molecule has 0 radical (unpaired) electrons. The van der Waals surface area contributed by atoms with Crippen LogP contribution in [0.1, 0.15) is 102 Å². The number of amides is 1. The van der Waals surface area contributed by atoms with Crippen molar-refractivity contribution in [2.45, 2.75) is 115 Å². The number of aryl methyl sites for hydroxylation is 1. The normalized spacial score (nSPS) is 22.4. The number of benzene rings is 2. The van der Waals surface area contributed by atoms with Crippen LogP contribution in [0.2, 0.25) is 0 Å². The first-order valence-corrected chi connectivity index (χ1v) is 19.2. The third kappa shape index (κ3) is 6.09. The Balaban J connectivity index is 1.19. The Bertz CT molecular complexity index is 1970. The van der Waals surface area contributed by atoms with Crippen molar-refractivity contribution in [3.05, 3.63) is 65.2 Å². The van der Waals surface area contributed by atoms with E-state index < -0.39 is 17.5 Å². The van der Waals surface area contributed by atoms with Crippen LogP contribution in [-0.4, -0.2) is 74.9 Å². The molecule has 3 aliphatic heterocycles. The van der Waals surface area contributed by atoms with Crippen LogP contribution in [0.5, 0.6) is 0 Å². The second-order valence-corrected chi connectivity index (χ2v) is 16.0. The van der Waals surface area contributed by atoms with Crippen LogP contribution in [0.4, 0.5) is 21.6 Å². The molecule has 1 amide bonds. The molecule has 1 unspecified atom stereocenters. The number of hydrogen-bond acceptors (Lipinski definition) is 8. The summed E-state index contributed by atoms with van der Waals surface area (Å²) in [5.74, 6) is 0.244. The molecule has 2 saturated heterocycles. The quantitative estimate of drug-likeness (QED) is 0.156. The minimum atomic E-state index is -0.955. The molecule has 3 fully saturated rings. The number of halogens is 1. The van der Waals surface area contributed by atoms with Gasteiger partial charge in [-0.15, -0.1) is 0 Å². The van der Waals surface area contributed by atoms with E-state index in [-0.39, 0.29) is 29.7 Å². The molecule has 1 aliphatic carbocycles. The maximum absolute atomic E-state index is 15.7. The van der Waals surface area contributed by atoms with Crippen molar-refractivity contribution in [2.24, 2.45) is 0 Å². The van der Waals surface area contributed by atoms with E-state index in [4.69, 9.17) is 14.7 Å². The fourth-order valence-corrected chi connectivity index (χ4v) is 8.97. The molecule has 1 spiro atoms. The summed E-state index contributed by atoms with van der Waals surface area (Å²) in [6, 6.07) is 12.3. The highest BCUT2D eigenvalue weighted by Gasteiger charge is 2.55. The fraction of sp³-hybridized carbons (Fsp3) is 0.537. The number of imidazole rings is 1. The minimum absolute atomic E-state index is 0.0366. The summed E-state index contributed by atoms with van der Waals surface area (Å²) in [6.45, 7) is 13.3. The van der Waals surface area contributed by atoms with Crippen molar-refractivity contribution in [2.75, 3.05) is 36.5 Å². The van der Waals surface area contributed by atoms with Crippen LogP contribution in [0.3, 0.4) is 0 Å². The van der Waals surface area contributed by atoms with Gasteiger partial charge in [0.25, 0.3) is 0 Å². The molecule has 1 saturated carbocycles. The summed E-state index contributed by atoms with van der Waals surface area (Å²) >= 11 is 0. The van der Waals surface area contributed by atoms with Crippen LogP contribution in [0, 0.1) is 12.7 Å². The van der Waals surface area contributed by atoms with Crippen molar-refractivity contribution in [1.29, 1.82) is 0 Å². The Morgan fingerprint density at radius 3 is 2.46 bits per heavy atom. The molecule has 8 rings (SSSR count). The lowest BCUT2D eigenvalue weighted by Crippen LogP contribution is -2.57. The number of anilines is 3. The molecule has 10 nitrogen and oxygen atoms in total. The van der Waals surface area contributed by atoms with Gasteiger partial charge in [0.1, 0.15) is 17.6 Å². The number of aliphatic hydroxyl groups excluding tert-OH is 1. The van der Waals surface area contributed by atoms with E-state index in [1.54, 1.807) is 19.3 Å². The van der Waals surface area contributed by atoms with Crippen LogP contribution in [0.15, 0.2) is 42.7 Å². The van der Waals surface area contributed by atoms with Gasteiger partial charge in [-0.05, 0) is 122 Å². The number of nitrogens with one attached hydrogen (secondary N) is 2. The number of pyridine rings is 1. The van der Waals surface area contributed by atoms with Crippen molar-refractivity contribution < 1.29 is 19.0 Å². The number of likely N-dealkylation sites (tertiary alicyclic amines) is 1. The van der Waals surface area contributed by atoms with Crippen molar-refractivity contribution in [3.8, 4) is 11.3 Å². The minimum Gasteiger partial charge on any atom is -0.381 e. The van der Waals surface area contributed by atoms with E-state index in [2.05, 4.69) is 52.5 Å². The first-order chi connectivity index (χ1) is 25.0. The number of hydrogen-bond donors (Lipinski definition) is 3. The molecule has 5 heterocycles. The average Bonchev–Trinajstić information content (AvgIpc) is 3.64. The maximum atomic E-state index is 15.7. The zero-order chi connectivity index (χ0) is 36.3. The summed E-state index contributed by atoms with van der Waals surface area (Å²) in [7, 11) is 0. The molecule has 2 aromatic heterocycles. The Kier molecular flexibility index (Phi) is 9.34. The smallest absolute Gasteiger partial charge is 0.238 e. The zero-order valence-electron chi connectivity index (χ0n) is 31.1. The number of piperidine rings is 1. The summed E-state index contributed by atoms with van der Waals surface area (Å²) in [5, 5.41) is 17.3. The molecular weight excluding hydrogens is 657 g/mol. The highest BCUT2D eigenvalue weighted by Crippen LogP contribution is 2.52. The number of nitrogens with zero attached hydrogens (tertiary/aromatic N) is 5. The van der Waals surface area contributed by atoms with Gasteiger partial charge in [-0.25, -0.2) is 14.4 Å². The second-order valence-electron chi connectivity index (χ2n) is 16.0. The van der Waals surface area contributed by atoms with Gasteiger partial charge < -0.3 is 29.5 Å². The topological polar surface area (TPSA) is 108 Å². The van der Waals surface area contributed by atoms with Gasteiger partial charge in [0, 0.05) is 54.2 Å². The number of carbonyl (C=O) groups is 1. The first-order valence-electron chi connectivity index (χ1n) is 19.2. The lowest BCUT2D eigenvalue weighted by molar-refractivity contribution is -0.127. The summed E-state index contributed by atoms with van der Waals surface area (Å²) in [6.07, 6.45) is 8.05. The Morgan fingerprint density at radius 1 is 1.00 bits per heavy atom. The van der Waals surface area contributed by atoms with Gasteiger partial charge in [0.05, 0.1) is 28.6 Å². The summed E-state index contributed by atoms with van der Waals surface area (Å²) in [5.41, 5.74) is 6.02. The monoisotopic (exact) mass is 709 g/mol. The van der Waals surface area contributed by atoms with Gasteiger partial charge >= 0.3 is 0 Å². The van der Waals surface area contributed by atoms with Crippen LogP contribution in [-0.2, 0) is 14.9 Å². The molecule has 4 aromatic rings. The maximum Gasteiger partial charge on any atom is 0.238 e. The third-order valence-electron chi connectivity index (χ3n) is 11.9. The zero-order valence-corrected chi connectivity index (χ0v) is 31.1. The molecule has 2 aromatic carbocycles. The first kappa shape index (κ1) is 35.1. The molecular formula is C41H52FN7O3. The van der Waals surface area contributed by atoms with E-state index in [1.807, 2.05) is 24.5 Å². The molecule has 0 bridgehead atoms. The van der Waals surface area contributed by atoms with Crippen molar-refractivity contribution in [1.82, 2.24) is 24.8 Å². The number of aliphatic hydroxyl groups is 1. The van der Waals surface area contributed by atoms with E-state index in [9.17, 15) is 9.90 Å². The predicted octanol–water partition coefficient (Wildman–Crippen LogP) is 7.27. The highest BCUT2D eigenvalue weighted by molar-refractivity contribution is 6.09. The Hall–Kier alpha value is -3.90. The van der Waals surface area contributed by atoms with E-state index in [1.165, 1.54) is 25.3 Å². The van der Waals surface area contributed by atoms with Crippen LogP contribution in [0.25, 0.3) is 22.3 Å². The number of rotatable bonds is 9. The fourth-order valence-electron chi connectivity index (χ4n) is 8.97. The molecule has 276 valence electrons. The van der Waals surface area contributed by atoms with Gasteiger partial charge in [-0.1, -0.05) is 18.6 Å². The number of carbonyl (C=O) groups excluding carboxylic acids is 1. The SMILES string of the molecule is Cc1cc(F)c(Nc2nc(-c3ccc4c(c3)N(C3CC(N5CCCCC5)C3)C(=O)C43CCOCC3)cc3ncn(C(C)C)c23)cc1C(O)NC(C)C. The Morgan fingerprint density at radius 2 is 1.75 bits per heavy atom. The molecule has 3 N–H and O–H groups in total. The molecule has 4 aliphatic rings. The van der Waals surface area contributed by atoms with E-state index in [0.29, 0.717) is 54.7 Å². The van der Waals surface area contributed by atoms with Crippen LogP contribution >= 0.6 is 0 Å². The number of fused-ring (bicyclic) bond motifs is 3. The summed E-state index contributed by atoms with van der Waals surface area (Å²) < 4.78 is 23.5. The molecule has 1 atom stereocenters. The Labute approximate surface area is 305 Å². The highest BCUT2D eigenvalue weighted by atomic mass is 19.1. The number of ether oxygens (including phenoxy) is 1. The third-order valence-corrected chi connectivity index (χ3v) is 11.9. The predicted molar refractivity (Wildman–Crippen MR) is 202 cm³/mol. The molecule has 52 heavy (non-hydrogen) atoms. The standard InChI is InChI=1S/C41H52FN7O3/c1-24(2)44-39(50)30-21-34(32(42)17-26(30)5)46-38-37-35(43-23-48(37)25(3)4)22-33(45-38)27-9-10-31-36(18-27)49(40(51)41(31)11-15-52-16-12-41)29-19-28(20-29)47-13-7-6-8-14-47/h9-10,17-18,21-25,28-29,39,44,50H,6-8,11-16,19-20H2,1-5H3,(H,45,46). The summed E-state index contributed by atoms with van der Waals surface area (Å²) in [4.78, 5) is 29.2.